The predicted octanol–water partition coefficient (Wildman–Crippen LogP) is 4.55. The third-order valence-electron chi connectivity index (χ3n) is 3.90. The summed E-state index contributed by atoms with van der Waals surface area (Å²) in [7, 11) is 0. The minimum Gasteiger partial charge on any atom is -0.487 e. The van der Waals surface area contributed by atoms with Gasteiger partial charge in [-0.05, 0) is 61.2 Å². The highest BCUT2D eigenvalue weighted by molar-refractivity contribution is 9.10. The molecule has 110 valence electrons. The van der Waals surface area contributed by atoms with Crippen molar-refractivity contribution in [2.75, 3.05) is 0 Å². The zero-order valence-corrected chi connectivity index (χ0v) is 14.1. The van der Waals surface area contributed by atoms with Gasteiger partial charge >= 0.3 is 0 Å². The number of rotatable bonds is 2. The summed E-state index contributed by atoms with van der Waals surface area (Å²) in [6.07, 6.45) is 0.272. The summed E-state index contributed by atoms with van der Waals surface area (Å²) < 4.78 is 6.94. The molecule has 0 spiro atoms. The molecule has 1 N–H and O–H groups in total. The van der Waals surface area contributed by atoms with E-state index < -0.39 is 6.10 Å². The van der Waals surface area contributed by atoms with Gasteiger partial charge in [0.05, 0.1) is 0 Å². The second-order valence-electron chi connectivity index (χ2n) is 6.32. The molecule has 0 bridgehead atoms. The van der Waals surface area contributed by atoms with Gasteiger partial charge in [-0.15, -0.1) is 0 Å². The van der Waals surface area contributed by atoms with Gasteiger partial charge < -0.3 is 9.84 Å². The van der Waals surface area contributed by atoms with Crippen LogP contribution in [0.1, 0.15) is 42.2 Å². The van der Waals surface area contributed by atoms with Crippen molar-refractivity contribution in [3.05, 3.63) is 63.1 Å². The number of halogens is 1. The Hall–Kier alpha value is -1.32. The molecule has 0 aromatic heterocycles. The SMILES string of the molecule is Cc1cc(C(O)c2ccc3c(c2)CC(C)(C)O3)ccc1Br. The molecule has 1 aliphatic rings. The van der Waals surface area contributed by atoms with Gasteiger partial charge in [-0.1, -0.05) is 34.1 Å². The van der Waals surface area contributed by atoms with Gasteiger partial charge in [0.15, 0.2) is 0 Å². The lowest BCUT2D eigenvalue weighted by molar-refractivity contribution is 0.138. The van der Waals surface area contributed by atoms with Crippen molar-refractivity contribution in [2.24, 2.45) is 0 Å². The van der Waals surface area contributed by atoms with Crippen LogP contribution in [0.15, 0.2) is 40.9 Å². The highest BCUT2D eigenvalue weighted by Crippen LogP contribution is 2.37. The maximum absolute atomic E-state index is 10.6. The van der Waals surface area contributed by atoms with Crippen LogP contribution in [0.25, 0.3) is 0 Å². The second kappa shape index (κ2) is 5.15. The highest BCUT2D eigenvalue weighted by atomic mass is 79.9. The van der Waals surface area contributed by atoms with Gasteiger partial charge in [-0.3, -0.25) is 0 Å². The van der Waals surface area contributed by atoms with Gasteiger partial charge in [0.25, 0.3) is 0 Å². The van der Waals surface area contributed by atoms with Crippen LogP contribution >= 0.6 is 15.9 Å². The third-order valence-corrected chi connectivity index (χ3v) is 4.79. The minimum absolute atomic E-state index is 0.153. The number of fused-ring (bicyclic) bond motifs is 1. The summed E-state index contributed by atoms with van der Waals surface area (Å²) in [5.74, 6) is 0.933. The van der Waals surface area contributed by atoms with Crippen molar-refractivity contribution in [1.82, 2.24) is 0 Å². The van der Waals surface area contributed by atoms with E-state index in [1.807, 2.05) is 37.3 Å². The second-order valence-corrected chi connectivity index (χ2v) is 7.17. The molecule has 3 heteroatoms. The Kier molecular flexibility index (Phi) is 3.58. The predicted molar refractivity (Wildman–Crippen MR) is 87.8 cm³/mol. The molecule has 0 aliphatic carbocycles. The van der Waals surface area contributed by atoms with E-state index >= 15 is 0 Å². The number of aryl methyl sites for hydroxylation is 1. The molecule has 1 atom stereocenters. The van der Waals surface area contributed by atoms with E-state index in [1.54, 1.807) is 0 Å². The largest absolute Gasteiger partial charge is 0.487 e. The van der Waals surface area contributed by atoms with E-state index in [1.165, 1.54) is 5.56 Å². The fraction of sp³-hybridized carbons (Fsp3) is 0.333. The van der Waals surface area contributed by atoms with Gasteiger partial charge in [0, 0.05) is 10.9 Å². The Bertz CT molecular complexity index is 692. The van der Waals surface area contributed by atoms with Crippen LogP contribution in [-0.2, 0) is 6.42 Å². The molecular weight excluding hydrogens is 328 g/mol. The normalized spacial score (nSPS) is 17.2. The Morgan fingerprint density at radius 1 is 1.14 bits per heavy atom. The maximum Gasteiger partial charge on any atom is 0.123 e. The number of hydrogen-bond donors (Lipinski definition) is 1. The molecular formula is C18H19BrO2. The lowest BCUT2D eigenvalue weighted by Gasteiger charge is -2.16. The molecule has 1 aliphatic heterocycles. The molecule has 0 radical (unpaired) electrons. The molecule has 21 heavy (non-hydrogen) atoms. The van der Waals surface area contributed by atoms with Gasteiger partial charge in [-0.2, -0.15) is 0 Å². The fourth-order valence-corrected chi connectivity index (χ4v) is 3.08. The quantitative estimate of drug-likeness (QED) is 0.863. The number of aliphatic hydroxyl groups excluding tert-OH is 1. The average Bonchev–Trinajstić information content (AvgIpc) is 2.73. The molecule has 0 saturated heterocycles. The smallest absolute Gasteiger partial charge is 0.123 e. The first-order chi connectivity index (χ1) is 9.85. The van der Waals surface area contributed by atoms with Gasteiger partial charge in [-0.25, -0.2) is 0 Å². The van der Waals surface area contributed by atoms with Crippen LogP contribution < -0.4 is 4.74 Å². The van der Waals surface area contributed by atoms with E-state index in [-0.39, 0.29) is 5.60 Å². The Labute approximate surface area is 133 Å². The monoisotopic (exact) mass is 346 g/mol. The number of aliphatic hydroxyl groups is 1. The van der Waals surface area contributed by atoms with Crippen LogP contribution in [0.2, 0.25) is 0 Å². The lowest BCUT2D eigenvalue weighted by atomic mass is 9.95. The van der Waals surface area contributed by atoms with Crippen LogP contribution in [0.5, 0.6) is 5.75 Å². The minimum atomic E-state index is -0.606. The summed E-state index contributed by atoms with van der Waals surface area (Å²) in [6, 6.07) is 11.9. The molecule has 3 rings (SSSR count). The zero-order chi connectivity index (χ0) is 15.2. The summed E-state index contributed by atoms with van der Waals surface area (Å²) in [4.78, 5) is 0. The lowest BCUT2D eigenvalue weighted by Crippen LogP contribution is -2.24. The van der Waals surface area contributed by atoms with Crippen molar-refractivity contribution >= 4 is 15.9 Å². The van der Waals surface area contributed by atoms with Crippen molar-refractivity contribution < 1.29 is 9.84 Å². The molecule has 2 aromatic carbocycles. The van der Waals surface area contributed by atoms with E-state index in [0.29, 0.717) is 0 Å². The van der Waals surface area contributed by atoms with Crippen LogP contribution in [0.3, 0.4) is 0 Å². The molecule has 0 amide bonds. The number of hydrogen-bond acceptors (Lipinski definition) is 2. The van der Waals surface area contributed by atoms with E-state index in [4.69, 9.17) is 4.74 Å². The molecule has 2 aromatic rings. The average molecular weight is 347 g/mol. The van der Waals surface area contributed by atoms with E-state index in [0.717, 1.165) is 33.3 Å². The van der Waals surface area contributed by atoms with E-state index in [9.17, 15) is 5.11 Å². The van der Waals surface area contributed by atoms with Crippen LogP contribution in [-0.4, -0.2) is 10.7 Å². The van der Waals surface area contributed by atoms with Crippen LogP contribution in [0, 0.1) is 6.92 Å². The van der Waals surface area contributed by atoms with Gasteiger partial charge in [0.2, 0.25) is 0 Å². The Morgan fingerprint density at radius 3 is 2.52 bits per heavy atom. The molecule has 0 fully saturated rings. The highest BCUT2D eigenvalue weighted by Gasteiger charge is 2.30. The van der Waals surface area contributed by atoms with Crippen molar-refractivity contribution in [3.63, 3.8) is 0 Å². The van der Waals surface area contributed by atoms with E-state index in [2.05, 4.69) is 35.8 Å². The molecule has 1 unspecified atom stereocenters. The molecule has 0 saturated carbocycles. The first kappa shape index (κ1) is 14.6. The standard InChI is InChI=1S/C18H19BrO2/c1-11-8-12(4-6-15(11)19)17(20)13-5-7-16-14(9-13)10-18(2,3)21-16/h4-9,17,20H,10H2,1-3H3. The van der Waals surface area contributed by atoms with Crippen LogP contribution in [0.4, 0.5) is 0 Å². The number of benzene rings is 2. The Balaban J connectivity index is 1.93. The molecule has 1 heterocycles. The first-order valence-corrected chi connectivity index (χ1v) is 7.91. The van der Waals surface area contributed by atoms with Crippen molar-refractivity contribution in [2.45, 2.75) is 38.9 Å². The molecule has 2 nitrogen and oxygen atoms in total. The topological polar surface area (TPSA) is 29.5 Å². The summed E-state index contributed by atoms with van der Waals surface area (Å²) >= 11 is 3.49. The Morgan fingerprint density at radius 2 is 1.81 bits per heavy atom. The third kappa shape index (κ3) is 2.85. The maximum atomic E-state index is 10.6. The zero-order valence-electron chi connectivity index (χ0n) is 12.5. The fourth-order valence-electron chi connectivity index (χ4n) is 2.83. The summed E-state index contributed by atoms with van der Waals surface area (Å²) in [5, 5.41) is 10.6. The summed E-state index contributed by atoms with van der Waals surface area (Å²) in [5.41, 5.74) is 3.97. The number of ether oxygens (including phenoxy) is 1. The first-order valence-electron chi connectivity index (χ1n) is 7.12. The van der Waals surface area contributed by atoms with Crippen molar-refractivity contribution in [1.29, 1.82) is 0 Å². The van der Waals surface area contributed by atoms with Gasteiger partial charge in [0.1, 0.15) is 17.5 Å². The summed E-state index contributed by atoms with van der Waals surface area (Å²) in [6.45, 7) is 6.20. The van der Waals surface area contributed by atoms with Crippen molar-refractivity contribution in [3.8, 4) is 5.75 Å².